The zero-order valence-corrected chi connectivity index (χ0v) is 11.8. The van der Waals surface area contributed by atoms with Crippen molar-refractivity contribution in [3.05, 3.63) is 0 Å². The Kier molecular flexibility index (Phi) is 3.01. The molecule has 2 aliphatic rings. The van der Waals surface area contributed by atoms with E-state index in [1.807, 2.05) is 11.9 Å². The van der Waals surface area contributed by atoms with Crippen LogP contribution in [0.2, 0.25) is 0 Å². The molecular weight excluding hydrogens is 212 g/mol. The lowest BCUT2D eigenvalue weighted by molar-refractivity contribution is -0.135. The fourth-order valence-electron chi connectivity index (χ4n) is 3.39. The van der Waals surface area contributed by atoms with E-state index in [4.69, 9.17) is 0 Å². The van der Waals surface area contributed by atoms with E-state index in [1.54, 1.807) is 0 Å². The van der Waals surface area contributed by atoms with Crippen LogP contribution in [0.25, 0.3) is 0 Å². The quantitative estimate of drug-likeness (QED) is 0.796. The molecule has 0 aromatic carbocycles. The van der Waals surface area contributed by atoms with Gasteiger partial charge < -0.3 is 10.2 Å². The maximum absolute atomic E-state index is 12.5. The molecule has 0 atom stereocenters. The Bertz CT molecular complexity index is 302. The predicted molar refractivity (Wildman–Crippen MR) is 69.7 cm³/mol. The second kappa shape index (κ2) is 3.98. The van der Waals surface area contributed by atoms with Crippen molar-refractivity contribution < 1.29 is 4.79 Å². The highest BCUT2D eigenvalue weighted by Crippen LogP contribution is 2.68. The van der Waals surface area contributed by atoms with Crippen LogP contribution in [0, 0.1) is 16.7 Å². The highest BCUT2D eigenvalue weighted by molar-refractivity contribution is 5.84. The van der Waals surface area contributed by atoms with E-state index >= 15 is 0 Å². The molecule has 1 saturated carbocycles. The lowest BCUT2D eigenvalue weighted by atomic mass is 10.0. The van der Waals surface area contributed by atoms with Gasteiger partial charge in [-0.2, -0.15) is 0 Å². The van der Waals surface area contributed by atoms with Crippen molar-refractivity contribution >= 4 is 5.91 Å². The smallest absolute Gasteiger partial charge is 0.226 e. The Morgan fingerprint density at radius 2 is 1.59 bits per heavy atom. The number of carbonyl (C=O) groups is 1. The summed E-state index contributed by atoms with van der Waals surface area (Å²) >= 11 is 0. The van der Waals surface area contributed by atoms with Crippen LogP contribution in [-0.2, 0) is 4.79 Å². The van der Waals surface area contributed by atoms with E-state index in [-0.39, 0.29) is 16.7 Å². The standard InChI is InChI=1S/C14H26N2O/c1-13(2)11(14(13,3)4)12(17)16(5)10-6-8-15-9-7-10/h10-11,15H,6-9H2,1-5H3. The van der Waals surface area contributed by atoms with Gasteiger partial charge in [-0.1, -0.05) is 27.7 Å². The van der Waals surface area contributed by atoms with Gasteiger partial charge in [0.2, 0.25) is 5.91 Å². The lowest BCUT2D eigenvalue weighted by Gasteiger charge is -2.32. The molecule has 17 heavy (non-hydrogen) atoms. The summed E-state index contributed by atoms with van der Waals surface area (Å²) in [5.41, 5.74) is 0.316. The molecule has 0 aromatic heterocycles. The molecule has 0 unspecified atom stereocenters. The van der Waals surface area contributed by atoms with Gasteiger partial charge in [0, 0.05) is 19.0 Å². The van der Waals surface area contributed by atoms with E-state index in [9.17, 15) is 4.79 Å². The Morgan fingerprint density at radius 3 is 2.00 bits per heavy atom. The maximum atomic E-state index is 12.5. The largest absolute Gasteiger partial charge is 0.342 e. The number of nitrogens with zero attached hydrogens (tertiary/aromatic N) is 1. The number of nitrogens with one attached hydrogen (secondary N) is 1. The summed E-state index contributed by atoms with van der Waals surface area (Å²) in [5.74, 6) is 0.557. The summed E-state index contributed by atoms with van der Waals surface area (Å²) in [5, 5.41) is 3.35. The van der Waals surface area contributed by atoms with Crippen LogP contribution in [-0.4, -0.2) is 37.0 Å². The van der Waals surface area contributed by atoms with E-state index in [2.05, 4.69) is 33.0 Å². The highest BCUT2D eigenvalue weighted by atomic mass is 16.2. The molecule has 1 heterocycles. The molecule has 0 radical (unpaired) electrons. The summed E-state index contributed by atoms with van der Waals surface area (Å²) < 4.78 is 0. The predicted octanol–water partition coefficient (Wildman–Crippen LogP) is 1.88. The minimum atomic E-state index is 0.158. The van der Waals surface area contributed by atoms with Crippen molar-refractivity contribution in [2.24, 2.45) is 16.7 Å². The Hall–Kier alpha value is -0.570. The van der Waals surface area contributed by atoms with Crippen LogP contribution in [0.5, 0.6) is 0 Å². The second-order valence-corrected chi connectivity index (χ2v) is 6.81. The summed E-state index contributed by atoms with van der Waals surface area (Å²) in [6.07, 6.45) is 2.19. The fourth-order valence-corrected chi connectivity index (χ4v) is 3.39. The number of hydrogen-bond donors (Lipinski definition) is 1. The minimum Gasteiger partial charge on any atom is -0.342 e. The van der Waals surface area contributed by atoms with Crippen LogP contribution in [0.3, 0.4) is 0 Å². The first-order valence-corrected chi connectivity index (χ1v) is 6.77. The molecule has 3 nitrogen and oxygen atoms in total. The van der Waals surface area contributed by atoms with Gasteiger partial charge in [0.25, 0.3) is 0 Å². The molecule has 0 bridgehead atoms. The SMILES string of the molecule is CN(C(=O)C1C(C)(C)C1(C)C)C1CCNCC1. The van der Waals surface area contributed by atoms with Crippen molar-refractivity contribution in [2.45, 2.75) is 46.6 Å². The van der Waals surface area contributed by atoms with E-state index < -0.39 is 0 Å². The van der Waals surface area contributed by atoms with E-state index in [0.29, 0.717) is 11.9 Å². The number of hydrogen-bond acceptors (Lipinski definition) is 2. The first-order valence-electron chi connectivity index (χ1n) is 6.77. The second-order valence-electron chi connectivity index (χ2n) is 6.81. The highest BCUT2D eigenvalue weighted by Gasteiger charge is 2.68. The molecule has 1 saturated heterocycles. The first-order chi connectivity index (χ1) is 7.80. The number of amides is 1. The number of carbonyl (C=O) groups excluding carboxylic acids is 1. The topological polar surface area (TPSA) is 32.3 Å². The van der Waals surface area contributed by atoms with E-state index in [0.717, 1.165) is 25.9 Å². The molecule has 1 amide bonds. The van der Waals surface area contributed by atoms with Crippen molar-refractivity contribution in [1.29, 1.82) is 0 Å². The van der Waals surface area contributed by atoms with Gasteiger partial charge in [-0.3, -0.25) is 4.79 Å². The molecule has 0 spiro atoms. The maximum Gasteiger partial charge on any atom is 0.226 e. The van der Waals surface area contributed by atoms with Crippen molar-refractivity contribution in [2.75, 3.05) is 20.1 Å². The molecule has 1 aliphatic heterocycles. The summed E-state index contributed by atoms with van der Waals surface area (Å²) in [6.45, 7) is 10.9. The number of rotatable bonds is 2. The Labute approximate surface area is 105 Å². The molecule has 2 rings (SSSR count). The van der Waals surface area contributed by atoms with Gasteiger partial charge >= 0.3 is 0 Å². The minimum absolute atomic E-state index is 0.158. The van der Waals surface area contributed by atoms with Gasteiger partial charge in [0.05, 0.1) is 0 Å². The van der Waals surface area contributed by atoms with Gasteiger partial charge in [0.1, 0.15) is 0 Å². The van der Waals surface area contributed by atoms with Crippen LogP contribution in [0.15, 0.2) is 0 Å². The Morgan fingerprint density at radius 1 is 1.12 bits per heavy atom. The van der Waals surface area contributed by atoms with Gasteiger partial charge in [-0.25, -0.2) is 0 Å². The Balaban J connectivity index is 2.01. The van der Waals surface area contributed by atoms with Crippen LogP contribution >= 0.6 is 0 Å². The van der Waals surface area contributed by atoms with Crippen LogP contribution in [0.1, 0.15) is 40.5 Å². The van der Waals surface area contributed by atoms with Crippen LogP contribution < -0.4 is 5.32 Å². The summed E-state index contributed by atoms with van der Waals surface area (Å²) in [6, 6.07) is 0.441. The molecule has 98 valence electrons. The third-order valence-corrected chi connectivity index (χ3v) is 5.47. The third-order valence-electron chi connectivity index (χ3n) is 5.47. The van der Waals surface area contributed by atoms with Crippen molar-refractivity contribution in [1.82, 2.24) is 10.2 Å². The zero-order valence-electron chi connectivity index (χ0n) is 11.8. The van der Waals surface area contributed by atoms with Crippen molar-refractivity contribution in [3.8, 4) is 0 Å². The summed E-state index contributed by atoms with van der Waals surface area (Å²) in [7, 11) is 1.99. The average molecular weight is 238 g/mol. The molecule has 3 heteroatoms. The van der Waals surface area contributed by atoms with Gasteiger partial charge in [-0.15, -0.1) is 0 Å². The molecule has 0 aromatic rings. The van der Waals surface area contributed by atoms with Gasteiger partial charge in [0.15, 0.2) is 0 Å². The molecule has 1 N–H and O–H groups in total. The van der Waals surface area contributed by atoms with Gasteiger partial charge in [-0.05, 0) is 36.8 Å². The third kappa shape index (κ3) is 1.88. The fraction of sp³-hybridized carbons (Fsp3) is 0.929. The average Bonchev–Trinajstić information content (AvgIpc) is 2.69. The van der Waals surface area contributed by atoms with Crippen molar-refractivity contribution in [3.63, 3.8) is 0 Å². The monoisotopic (exact) mass is 238 g/mol. The number of piperidine rings is 1. The molecule has 2 fully saturated rings. The summed E-state index contributed by atoms with van der Waals surface area (Å²) in [4.78, 5) is 14.6. The lowest BCUT2D eigenvalue weighted by Crippen LogP contribution is -2.45. The first kappa shape index (κ1) is 12.9. The normalized spacial score (nSPS) is 27.8. The molecular formula is C14H26N2O. The van der Waals surface area contributed by atoms with Crippen LogP contribution in [0.4, 0.5) is 0 Å². The van der Waals surface area contributed by atoms with E-state index in [1.165, 1.54) is 0 Å². The zero-order chi connectivity index (χ0) is 12.8. The molecule has 1 aliphatic carbocycles.